The number of H-pyrrole nitrogens is 1. The molecule has 4 rings (SSSR count). The summed E-state index contributed by atoms with van der Waals surface area (Å²) in [6.07, 6.45) is 2.32. The van der Waals surface area contributed by atoms with Crippen LogP contribution in [0.25, 0.3) is 10.9 Å². The molecule has 10 nitrogen and oxygen atoms in total. The number of fused-ring (bicyclic) bond motifs is 1. The molecule has 0 radical (unpaired) electrons. The van der Waals surface area contributed by atoms with Gasteiger partial charge in [0.05, 0.1) is 6.04 Å². The quantitative estimate of drug-likeness (QED) is 0.131. The lowest BCUT2D eigenvalue weighted by molar-refractivity contribution is -0.142. The predicted octanol–water partition coefficient (Wildman–Crippen LogP) is 2.72. The first kappa shape index (κ1) is 32.0. The lowest BCUT2D eigenvalue weighted by atomic mass is 9.99. The molecular weight excluding hydrogens is 558 g/mol. The Labute approximate surface area is 256 Å². The monoisotopic (exact) mass is 597 g/mol. The Hall–Kier alpha value is -4.96. The number of amides is 3. The van der Waals surface area contributed by atoms with Crippen molar-refractivity contribution >= 4 is 34.6 Å². The van der Waals surface area contributed by atoms with Gasteiger partial charge >= 0.3 is 5.97 Å². The number of rotatable bonds is 14. The summed E-state index contributed by atoms with van der Waals surface area (Å²) in [4.78, 5) is 55.4. The third kappa shape index (κ3) is 8.54. The Morgan fingerprint density at radius 2 is 1.25 bits per heavy atom. The van der Waals surface area contributed by atoms with Gasteiger partial charge in [0.2, 0.25) is 17.7 Å². The van der Waals surface area contributed by atoms with Crippen LogP contribution in [0.4, 0.5) is 0 Å². The van der Waals surface area contributed by atoms with E-state index in [0.29, 0.717) is 0 Å². The zero-order valence-electron chi connectivity index (χ0n) is 24.8. The number of carbonyl (C=O) groups is 4. The molecule has 3 amide bonds. The highest BCUT2D eigenvalue weighted by molar-refractivity contribution is 5.94. The van der Waals surface area contributed by atoms with Crippen molar-refractivity contribution in [3.8, 4) is 0 Å². The summed E-state index contributed by atoms with van der Waals surface area (Å²) >= 11 is 0. The maximum absolute atomic E-state index is 13.7. The average Bonchev–Trinajstić information content (AvgIpc) is 3.42. The summed E-state index contributed by atoms with van der Waals surface area (Å²) < 4.78 is 0. The molecule has 0 spiro atoms. The number of para-hydroxylation sites is 1. The van der Waals surface area contributed by atoms with Crippen LogP contribution in [0.15, 0.2) is 91.1 Å². The van der Waals surface area contributed by atoms with Crippen molar-refractivity contribution in [2.75, 3.05) is 0 Å². The highest BCUT2D eigenvalue weighted by Crippen LogP contribution is 2.19. The number of nitrogens with two attached hydrogens (primary N) is 1. The van der Waals surface area contributed by atoms with Crippen molar-refractivity contribution in [3.63, 3.8) is 0 Å². The van der Waals surface area contributed by atoms with E-state index in [1.807, 2.05) is 66.9 Å². The molecule has 4 aromatic rings. The summed E-state index contributed by atoms with van der Waals surface area (Å²) in [5, 5.41) is 18.9. The molecule has 0 saturated heterocycles. The lowest BCUT2D eigenvalue weighted by Gasteiger charge is -2.27. The molecule has 0 aliphatic heterocycles. The fourth-order valence-corrected chi connectivity index (χ4v) is 5.07. The summed E-state index contributed by atoms with van der Waals surface area (Å²) in [5.41, 5.74) is 9.68. The van der Waals surface area contributed by atoms with Gasteiger partial charge in [-0.05, 0) is 35.1 Å². The van der Waals surface area contributed by atoms with E-state index in [4.69, 9.17) is 5.73 Å². The summed E-state index contributed by atoms with van der Waals surface area (Å²) in [6.45, 7) is 3.50. The van der Waals surface area contributed by atoms with Gasteiger partial charge in [0.1, 0.15) is 18.1 Å². The SMILES string of the molecule is CC(C)C(NC(=O)C(Cc1ccccc1)NC(=O)C(N)Cc1c[nH]c2ccccc12)C(=O)NC(Cc1ccccc1)C(=O)O. The van der Waals surface area contributed by atoms with Crippen LogP contribution in [0.5, 0.6) is 0 Å². The molecule has 0 saturated carbocycles. The number of carbonyl (C=O) groups excluding carboxylic acids is 3. The van der Waals surface area contributed by atoms with Crippen LogP contribution >= 0.6 is 0 Å². The highest BCUT2D eigenvalue weighted by Gasteiger charge is 2.32. The first-order chi connectivity index (χ1) is 21.1. The van der Waals surface area contributed by atoms with E-state index < -0.39 is 47.9 Å². The van der Waals surface area contributed by atoms with Crippen LogP contribution in [0.3, 0.4) is 0 Å². The number of nitrogens with one attached hydrogen (secondary N) is 4. The molecule has 7 N–H and O–H groups in total. The molecule has 1 aromatic heterocycles. The molecule has 4 unspecified atom stereocenters. The molecule has 0 fully saturated rings. The number of aromatic amines is 1. The third-order valence-corrected chi connectivity index (χ3v) is 7.51. The first-order valence-electron chi connectivity index (χ1n) is 14.6. The van der Waals surface area contributed by atoms with E-state index in [1.165, 1.54) is 0 Å². The van der Waals surface area contributed by atoms with Crippen molar-refractivity contribution in [1.82, 2.24) is 20.9 Å². The standard InChI is InChI=1S/C34H39N5O5/c1-21(2)30(33(42)38-29(34(43)44)18-23-13-7-4-8-14-23)39-32(41)28(17-22-11-5-3-6-12-22)37-31(40)26(35)19-24-20-36-27-16-10-9-15-25(24)27/h3-16,20-21,26,28-30,36H,17-19,35H2,1-2H3,(H,37,40)(H,38,42)(H,39,41)(H,43,44). The molecule has 3 aromatic carbocycles. The van der Waals surface area contributed by atoms with E-state index in [2.05, 4.69) is 20.9 Å². The second-order valence-electron chi connectivity index (χ2n) is 11.2. The third-order valence-electron chi connectivity index (χ3n) is 7.51. The number of aliphatic carboxylic acids is 1. The second-order valence-corrected chi connectivity index (χ2v) is 11.2. The van der Waals surface area contributed by atoms with E-state index in [9.17, 15) is 24.3 Å². The summed E-state index contributed by atoms with van der Waals surface area (Å²) in [7, 11) is 0. The van der Waals surface area contributed by atoms with Crippen molar-refractivity contribution < 1.29 is 24.3 Å². The molecular formula is C34H39N5O5. The molecule has 0 aliphatic rings. The Bertz CT molecular complexity index is 1570. The largest absolute Gasteiger partial charge is 0.480 e. The zero-order chi connectivity index (χ0) is 31.6. The van der Waals surface area contributed by atoms with Crippen molar-refractivity contribution in [2.24, 2.45) is 11.7 Å². The average molecular weight is 598 g/mol. The van der Waals surface area contributed by atoms with Crippen LogP contribution in [-0.4, -0.2) is 57.9 Å². The summed E-state index contributed by atoms with van der Waals surface area (Å²) in [5.74, 6) is -3.27. The Kier molecular flexibility index (Phi) is 10.9. The van der Waals surface area contributed by atoms with E-state index >= 15 is 0 Å². The van der Waals surface area contributed by atoms with Gasteiger partial charge in [-0.3, -0.25) is 14.4 Å². The Morgan fingerprint density at radius 3 is 1.84 bits per heavy atom. The molecule has 1 heterocycles. The van der Waals surface area contributed by atoms with Crippen molar-refractivity contribution in [3.05, 3.63) is 108 Å². The van der Waals surface area contributed by atoms with Gasteiger partial charge in [-0.1, -0.05) is 92.7 Å². The molecule has 4 atom stereocenters. The van der Waals surface area contributed by atoms with Crippen LogP contribution in [0.1, 0.15) is 30.5 Å². The molecule has 0 aliphatic carbocycles. The van der Waals surface area contributed by atoms with Gasteiger partial charge < -0.3 is 31.8 Å². The number of hydrogen-bond acceptors (Lipinski definition) is 5. The fourth-order valence-electron chi connectivity index (χ4n) is 5.07. The van der Waals surface area contributed by atoms with Crippen LogP contribution in [0.2, 0.25) is 0 Å². The van der Waals surface area contributed by atoms with E-state index in [1.54, 1.807) is 38.1 Å². The number of hydrogen-bond donors (Lipinski definition) is 6. The number of benzene rings is 3. The Balaban J connectivity index is 1.47. The number of carboxylic acids is 1. The van der Waals surface area contributed by atoms with Gasteiger partial charge in [-0.25, -0.2) is 4.79 Å². The predicted molar refractivity (Wildman–Crippen MR) is 169 cm³/mol. The van der Waals surface area contributed by atoms with Crippen LogP contribution in [0, 0.1) is 5.92 Å². The van der Waals surface area contributed by atoms with Gasteiger partial charge in [0.15, 0.2) is 0 Å². The molecule has 44 heavy (non-hydrogen) atoms. The normalized spacial score (nSPS) is 13.9. The molecule has 0 bridgehead atoms. The second kappa shape index (κ2) is 15.0. The van der Waals surface area contributed by atoms with Gasteiger partial charge in [0.25, 0.3) is 0 Å². The lowest BCUT2D eigenvalue weighted by Crippen LogP contribution is -2.59. The zero-order valence-corrected chi connectivity index (χ0v) is 24.8. The molecule has 230 valence electrons. The van der Waals surface area contributed by atoms with Gasteiger partial charge in [-0.2, -0.15) is 0 Å². The minimum absolute atomic E-state index is 0.0850. The topological polar surface area (TPSA) is 166 Å². The number of aromatic nitrogens is 1. The minimum atomic E-state index is -1.19. The Morgan fingerprint density at radius 1 is 0.705 bits per heavy atom. The minimum Gasteiger partial charge on any atom is -0.480 e. The van der Waals surface area contributed by atoms with E-state index in [0.717, 1.165) is 27.6 Å². The smallest absolute Gasteiger partial charge is 0.326 e. The van der Waals surface area contributed by atoms with Crippen molar-refractivity contribution in [1.29, 1.82) is 0 Å². The fraction of sp³-hybridized carbons (Fsp3) is 0.294. The van der Waals surface area contributed by atoms with Gasteiger partial charge in [-0.15, -0.1) is 0 Å². The highest BCUT2D eigenvalue weighted by atomic mass is 16.4. The number of carboxylic acid groups (broad SMARTS) is 1. The van der Waals surface area contributed by atoms with Gasteiger partial charge in [0, 0.05) is 29.9 Å². The maximum atomic E-state index is 13.7. The van der Waals surface area contributed by atoms with Crippen molar-refractivity contribution in [2.45, 2.75) is 57.3 Å². The molecule has 10 heteroatoms. The first-order valence-corrected chi connectivity index (χ1v) is 14.6. The van der Waals surface area contributed by atoms with Crippen LogP contribution < -0.4 is 21.7 Å². The van der Waals surface area contributed by atoms with Crippen LogP contribution in [-0.2, 0) is 38.4 Å². The summed E-state index contributed by atoms with van der Waals surface area (Å²) in [6, 6.07) is 21.7. The maximum Gasteiger partial charge on any atom is 0.326 e. The van der Waals surface area contributed by atoms with E-state index in [-0.39, 0.29) is 25.2 Å².